The molecule has 1 aliphatic heterocycles. The molecule has 0 bridgehead atoms. The largest absolute Gasteiger partial charge is 0.339 e. The van der Waals surface area contributed by atoms with E-state index in [4.69, 9.17) is 0 Å². The van der Waals surface area contributed by atoms with E-state index in [1.165, 1.54) is 12.1 Å². The SMILES string of the molecule is Cc1c(C(=O)N2CCC(S(=O)(=O)Cc3ccccc3)CC2)cccc1[N+](=O)[O-]. The van der Waals surface area contributed by atoms with E-state index < -0.39 is 20.0 Å². The van der Waals surface area contributed by atoms with Crippen molar-refractivity contribution in [2.75, 3.05) is 13.1 Å². The second kappa shape index (κ2) is 8.10. The van der Waals surface area contributed by atoms with Crippen LogP contribution in [0, 0.1) is 17.0 Å². The van der Waals surface area contributed by atoms with Crippen molar-refractivity contribution < 1.29 is 18.1 Å². The first-order valence-electron chi connectivity index (χ1n) is 9.08. The third-order valence-corrected chi connectivity index (χ3v) is 7.40. The lowest BCUT2D eigenvalue weighted by Crippen LogP contribution is -2.43. The van der Waals surface area contributed by atoms with Gasteiger partial charge in [0.05, 0.1) is 15.9 Å². The zero-order valence-corrected chi connectivity index (χ0v) is 16.4. The fourth-order valence-electron chi connectivity index (χ4n) is 3.57. The smallest absolute Gasteiger partial charge is 0.273 e. The van der Waals surface area contributed by atoms with Gasteiger partial charge in [-0.2, -0.15) is 0 Å². The van der Waals surface area contributed by atoms with Crippen LogP contribution in [-0.2, 0) is 15.6 Å². The number of rotatable bonds is 5. The maximum atomic E-state index is 12.8. The lowest BCUT2D eigenvalue weighted by molar-refractivity contribution is -0.385. The molecule has 1 heterocycles. The van der Waals surface area contributed by atoms with Crippen molar-refractivity contribution in [3.8, 4) is 0 Å². The molecule has 2 aromatic rings. The highest BCUT2D eigenvalue weighted by molar-refractivity contribution is 7.91. The van der Waals surface area contributed by atoms with Gasteiger partial charge >= 0.3 is 0 Å². The van der Waals surface area contributed by atoms with Crippen molar-refractivity contribution in [1.82, 2.24) is 4.90 Å². The lowest BCUT2D eigenvalue weighted by Gasteiger charge is -2.32. The average molecular weight is 402 g/mol. The second-order valence-electron chi connectivity index (χ2n) is 6.99. The predicted molar refractivity (Wildman–Crippen MR) is 106 cm³/mol. The number of hydrogen-bond acceptors (Lipinski definition) is 5. The Morgan fingerprint density at radius 2 is 1.75 bits per heavy atom. The lowest BCUT2D eigenvalue weighted by atomic mass is 10.0. The van der Waals surface area contributed by atoms with Crippen LogP contribution in [0.5, 0.6) is 0 Å². The highest BCUT2D eigenvalue weighted by atomic mass is 32.2. The van der Waals surface area contributed by atoms with Crippen LogP contribution < -0.4 is 0 Å². The molecule has 148 valence electrons. The molecule has 8 heteroatoms. The molecule has 0 saturated carbocycles. The van der Waals surface area contributed by atoms with Gasteiger partial charge in [0, 0.05) is 30.3 Å². The van der Waals surface area contributed by atoms with Gasteiger partial charge in [-0.05, 0) is 31.4 Å². The topological polar surface area (TPSA) is 97.6 Å². The zero-order valence-electron chi connectivity index (χ0n) is 15.6. The minimum Gasteiger partial charge on any atom is -0.339 e. The van der Waals surface area contributed by atoms with Crippen LogP contribution in [0.4, 0.5) is 5.69 Å². The molecule has 0 spiro atoms. The number of hydrogen-bond donors (Lipinski definition) is 0. The van der Waals surface area contributed by atoms with Gasteiger partial charge in [-0.15, -0.1) is 0 Å². The summed E-state index contributed by atoms with van der Waals surface area (Å²) in [6.07, 6.45) is 0.740. The summed E-state index contributed by atoms with van der Waals surface area (Å²) in [7, 11) is -3.30. The van der Waals surface area contributed by atoms with Crippen molar-refractivity contribution in [2.45, 2.75) is 30.8 Å². The maximum Gasteiger partial charge on any atom is 0.273 e. The molecule has 7 nitrogen and oxygen atoms in total. The minimum atomic E-state index is -3.30. The Labute approximate surface area is 164 Å². The molecule has 1 amide bonds. The number of nitro groups is 1. The van der Waals surface area contributed by atoms with Crippen molar-refractivity contribution in [1.29, 1.82) is 0 Å². The van der Waals surface area contributed by atoms with Crippen LogP contribution in [0.3, 0.4) is 0 Å². The van der Waals surface area contributed by atoms with Crippen molar-refractivity contribution >= 4 is 21.4 Å². The number of piperidine rings is 1. The van der Waals surface area contributed by atoms with E-state index in [1.807, 2.05) is 18.2 Å². The summed E-state index contributed by atoms with van der Waals surface area (Å²) in [6.45, 7) is 2.20. The molecule has 0 N–H and O–H groups in total. The minimum absolute atomic E-state index is 0.00353. The third kappa shape index (κ3) is 4.22. The molecule has 3 rings (SSSR count). The second-order valence-corrected chi connectivity index (χ2v) is 9.27. The summed E-state index contributed by atoms with van der Waals surface area (Å²) in [5, 5.41) is 10.6. The van der Waals surface area contributed by atoms with E-state index in [0.717, 1.165) is 5.56 Å². The number of amides is 1. The first kappa shape index (κ1) is 20.0. The first-order chi connectivity index (χ1) is 13.3. The maximum absolute atomic E-state index is 12.8. The number of nitrogens with zero attached hydrogens (tertiary/aromatic N) is 2. The molecule has 0 atom stereocenters. The van der Waals surface area contributed by atoms with Gasteiger partial charge in [0.25, 0.3) is 11.6 Å². The van der Waals surface area contributed by atoms with E-state index in [-0.39, 0.29) is 17.3 Å². The first-order valence-corrected chi connectivity index (χ1v) is 10.8. The molecular formula is C20H22N2O5S. The number of likely N-dealkylation sites (tertiary alicyclic amines) is 1. The summed E-state index contributed by atoms with van der Waals surface area (Å²) >= 11 is 0. The number of carbonyl (C=O) groups excluding carboxylic acids is 1. The van der Waals surface area contributed by atoms with Gasteiger partial charge in [-0.25, -0.2) is 8.42 Å². The monoisotopic (exact) mass is 402 g/mol. The number of nitro benzene ring substituents is 1. The zero-order chi connectivity index (χ0) is 20.3. The van der Waals surface area contributed by atoms with Crippen LogP contribution in [0.25, 0.3) is 0 Å². The number of sulfone groups is 1. The molecule has 0 radical (unpaired) electrons. The Kier molecular flexibility index (Phi) is 5.79. The van der Waals surface area contributed by atoms with Gasteiger partial charge in [-0.3, -0.25) is 14.9 Å². The van der Waals surface area contributed by atoms with Crippen LogP contribution in [0.2, 0.25) is 0 Å². The highest BCUT2D eigenvalue weighted by Gasteiger charge is 2.32. The van der Waals surface area contributed by atoms with Crippen molar-refractivity contribution in [3.05, 3.63) is 75.3 Å². The fourth-order valence-corrected chi connectivity index (χ4v) is 5.39. The molecule has 1 saturated heterocycles. The van der Waals surface area contributed by atoms with Crippen molar-refractivity contribution in [3.63, 3.8) is 0 Å². The van der Waals surface area contributed by atoms with E-state index in [0.29, 0.717) is 37.1 Å². The van der Waals surface area contributed by atoms with Crippen molar-refractivity contribution in [2.24, 2.45) is 0 Å². The summed E-state index contributed by atoms with van der Waals surface area (Å²) in [4.78, 5) is 25.0. The predicted octanol–water partition coefficient (Wildman–Crippen LogP) is 3.12. The Morgan fingerprint density at radius 3 is 2.36 bits per heavy atom. The van der Waals surface area contributed by atoms with E-state index in [1.54, 1.807) is 30.0 Å². The van der Waals surface area contributed by atoms with E-state index >= 15 is 0 Å². The molecule has 28 heavy (non-hydrogen) atoms. The highest BCUT2D eigenvalue weighted by Crippen LogP contribution is 2.26. The van der Waals surface area contributed by atoms with Crippen LogP contribution in [0.15, 0.2) is 48.5 Å². The molecular weight excluding hydrogens is 380 g/mol. The van der Waals surface area contributed by atoms with Gasteiger partial charge in [0.2, 0.25) is 0 Å². The molecule has 0 unspecified atom stereocenters. The summed E-state index contributed by atoms with van der Waals surface area (Å²) in [5.74, 6) is -0.295. The third-order valence-electron chi connectivity index (χ3n) is 5.18. The summed E-state index contributed by atoms with van der Waals surface area (Å²) < 4.78 is 25.4. The van der Waals surface area contributed by atoms with Gasteiger partial charge < -0.3 is 4.90 Å². The fraction of sp³-hybridized carbons (Fsp3) is 0.350. The standard InChI is InChI=1S/C20H22N2O5S/c1-15-18(8-5-9-19(15)22(24)25)20(23)21-12-10-17(11-13-21)28(26,27)14-16-6-3-2-4-7-16/h2-9,17H,10-14H2,1H3. The van der Waals surface area contributed by atoms with Gasteiger partial charge in [-0.1, -0.05) is 36.4 Å². The summed E-state index contributed by atoms with van der Waals surface area (Å²) in [5.41, 5.74) is 1.29. The van der Waals surface area contributed by atoms with Crippen LogP contribution in [0.1, 0.15) is 34.3 Å². The van der Waals surface area contributed by atoms with Crippen LogP contribution in [-0.4, -0.2) is 42.5 Å². The quantitative estimate of drug-likeness (QED) is 0.565. The number of benzene rings is 2. The summed E-state index contributed by atoms with van der Waals surface area (Å²) in [6, 6.07) is 13.5. The Balaban J connectivity index is 1.68. The average Bonchev–Trinajstić information content (AvgIpc) is 2.68. The molecule has 0 aliphatic carbocycles. The van der Waals surface area contributed by atoms with E-state index in [9.17, 15) is 23.3 Å². The normalized spacial score (nSPS) is 15.4. The van der Waals surface area contributed by atoms with Gasteiger partial charge in [0.15, 0.2) is 9.84 Å². The van der Waals surface area contributed by atoms with Crippen LogP contribution >= 0.6 is 0 Å². The Morgan fingerprint density at radius 1 is 1.11 bits per heavy atom. The number of carbonyl (C=O) groups is 1. The molecule has 2 aromatic carbocycles. The Bertz CT molecular complexity index is 981. The molecule has 1 fully saturated rings. The Hall–Kier alpha value is -2.74. The molecule has 0 aromatic heterocycles. The van der Waals surface area contributed by atoms with E-state index in [2.05, 4.69) is 0 Å². The molecule has 1 aliphatic rings. The van der Waals surface area contributed by atoms with Gasteiger partial charge in [0.1, 0.15) is 0 Å².